The Hall–Kier alpha value is -4.79. The summed E-state index contributed by atoms with van der Waals surface area (Å²) in [5, 5.41) is 6.65. The van der Waals surface area contributed by atoms with Crippen LogP contribution in [-0.2, 0) is 6.61 Å². The maximum atomic E-state index is 13.6. The number of halogens is 2. The van der Waals surface area contributed by atoms with Gasteiger partial charge in [0.15, 0.2) is 17.3 Å². The van der Waals surface area contributed by atoms with E-state index >= 15 is 0 Å². The summed E-state index contributed by atoms with van der Waals surface area (Å²) in [6.45, 7) is 0.268. The van der Waals surface area contributed by atoms with Crippen molar-refractivity contribution in [2.75, 3.05) is 14.2 Å². The van der Waals surface area contributed by atoms with Gasteiger partial charge in [0.05, 0.1) is 46.8 Å². The van der Waals surface area contributed by atoms with Gasteiger partial charge in [-0.15, -0.1) is 0 Å². The molecule has 0 bridgehead atoms. The monoisotopic (exact) mass is 599 g/mol. The molecular weight excluding hydrogens is 577 g/mol. The summed E-state index contributed by atoms with van der Waals surface area (Å²) < 4.78 is 24.3. The molecule has 0 amide bonds. The van der Waals surface area contributed by atoms with Crippen molar-refractivity contribution in [2.24, 2.45) is 5.10 Å². The molecule has 0 atom stereocenters. The highest BCUT2D eigenvalue weighted by Gasteiger charge is 2.18. The maximum absolute atomic E-state index is 13.6. The van der Waals surface area contributed by atoms with Crippen molar-refractivity contribution in [3.05, 3.63) is 116 Å². The second-order valence-electron chi connectivity index (χ2n) is 9.24. The first-order valence-electron chi connectivity index (χ1n) is 12.8. The number of para-hydroxylation sites is 1. The van der Waals surface area contributed by atoms with Crippen molar-refractivity contribution in [1.82, 2.24) is 9.66 Å². The number of fused-ring (bicyclic) bond motifs is 2. The lowest BCUT2D eigenvalue weighted by Crippen LogP contribution is -2.20. The average molecular weight is 600 g/mol. The summed E-state index contributed by atoms with van der Waals surface area (Å²) in [5.41, 5.74) is 2.32. The quantitative estimate of drug-likeness (QED) is 0.167. The largest absolute Gasteiger partial charge is 0.496 e. The number of benzene rings is 4. The van der Waals surface area contributed by atoms with Gasteiger partial charge >= 0.3 is 0 Å². The Balaban J connectivity index is 1.36. The van der Waals surface area contributed by atoms with Crippen LogP contribution in [0.2, 0.25) is 10.0 Å². The van der Waals surface area contributed by atoms with Gasteiger partial charge in [0.2, 0.25) is 5.82 Å². The first kappa shape index (κ1) is 27.4. The molecule has 6 aromatic rings. The SMILES string of the molecule is COc1cc(C=Nn2c(-c3cc4c(OC)cccc4o3)nc3ccccc3c2=O)ccc1OCc1ccc(Cl)c(Cl)c1. The van der Waals surface area contributed by atoms with Gasteiger partial charge in [0.25, 0.3) is 5.56 Å². The molecule has 0 aliphatic rings. The number of aromatic nitrogens is 2. The fraction of sp³-hybridized carbons (Fsp3) is 0.0938. The van der Waals surface area contributed by atoms with Crippen LogP contribution < -0.4 is 19.8 Å². The molecule has 0 saturated heterocycles. The summed E-state index contributed by atoms with van der Waals surface area (Å²) in [6, 6.07) is 25.0. The van der Waals surface area contributed by atoms with E-state index in [-0.39, 0.29) is 18.0 Å². The van der Waals surface area contributed by atoms with E-state index in [2.05, 4.69) is 5.10 Å². The minimum absolute atomic E-state index is 0.252. The molecule has 0 radical (unpaired) electrons. The molecule has 0 aliphatic carbocycles. The van der Waals surface area contributed by atoms with E-state index in [0.717, 1.165) is 10.9 Å². The standard InChI is InChI=1S/C32H23Cl2N3O5/c1-39-26-8-5-9-27-22(26)16-30(42-27)31-36-25-7-4-3-6-21(25)32(38)37(31)35-17-19-11-13-28(29(15-19)40-2)41-18-20-10-12-23(33)24(34)14-20/h3-17H,18H2,1-2H3. The molecule has 0 spiro atoms. The zero-order chi connectivity index (χ0) is 29.2. The molecule has 2 heterocycles. The molecule has 4 aromatic carbocycles. The molecule has 0 fully saturated rings. The van der Waals surface area contributed by atoms with Gasteiger partial charge in [0, 0.05) is 0 Å². The molecule has 8 nitrogen and oxygen atoms in total. The molecule has 6 rings (SSSR count). The molecule has 10 heteroatoms. The second-order valence-corrected chi connectivity index (χ2v) is 10.1. The van der Waals surface area contributed by atoms with Crippen LogP contribution >= 0.6 is 23.2 Å². The Bertz CT molecular complexity index is 2030. The van der Waals surface area contributed by atoms with Crippen LogP contribution in [0.3, 0.4) is 0 Å². The Morgan fingerprint density at radius 1 is 0.857 bits per heavy atom. The zero-order valence-corrected chi connectivity index (χ0v) is 24.0. The molecular formula is C32H23Cl2N3O5. The van der Waals surface area contributed by atoms with Gasteiger partial charge in [-0.25, -0.2) is 4.98 Å². The van der Waals surface area contributed by atoms with E-state index in [1.54, 1.807) is 75.0 Å². The van der Waals surface area contributed by atoms with Crippen molar-refractivity contribution >= 4 is 51.3 Å². The summed E-state index contributed by atoms with van der Waals surface area (Å²) in [5.74, 6) is 2.30. The Labute approximate surface area is 250 Å². The number of methoxy groups -OCH3 is 2. The first-order chi connectivity index (χ1) is 20.4. The highest BCUT2D eigenvalue weighted by atomic mass is 35.5. The number of rotatable bonds is 8. The number of ether oxygens (including phenoxy) is 3. The predicted molar refractivity (Wildman–Crippen MR) is 165 cm³/mol. The molecule has 2 aromatic heterocycles. The Kier molecular flexibility index (Phi) is 7.56. The van der Waals surface area contributed by atoms with Crippen LogP contribution in [0.4, 0.5) is 0 Å². The summed E-state index contributed by atoms with van der Waals surface area (Å²) >= 11 is 12.1. The lowest BCUT2D eigenvalue weighted by atomic mass is 10.2. The van der Waals surface area contributed by atoms with Gasteiger partial charge in [-0.2, -0.15) is 9.78 Å². The van der Waals surface area contributed by atoms with Crippen LogP contribution in [-0.4, -0.2) is 30.1 Å². The van der Waals surface area contributed by atoms with Crippen LogP contribution in [0.15, 0.2) is 99.2 Å². The maximum Gasteiger partial charge on any atom is 0.282 e. The average Bonchev–Trinajstić information content (AvgIpc) is 3.46. The topological polar surface area (TPSA) is 88.1 Å². The highest BCUT2D eigenvalue weighted by molar-refractivity contribution is 6.42. The summed E-state index contributed by atoms with van der Waals surface area (Å²) in [7, 11) is 3.14. The summed E-state index contributed by atoms with van der Waals surface area (Å²) in [4.78, 5) is 18.3. The molecule has 0 N–H and O–H groups in total. The number of hydrogen-bond donors (Lipinski definition) is 0. The van der Waals surface area contributed by atoms with E-state index in [9.17, 15) is 4.79 Å². The Morgan fingerprint density at radius 3 is 2.50 bits per heavy atom. The van der Waals surface area contributed by atoms with Crippen LogP contribution in [0.25, 0.3) is 33.5 Å². The van der Waals surface area contributed by atoms with Crippen LogP contribution in [0, 0.1) is 0 Å². The van der Waals surface area contributed by atoms with Gasteiger partial charge < -0.3 is 18.6 Å². The van der Waals surface area contributed by atoms with Crippen molar-refractivity contribution in [2.45, 2.75) is 6.61 Å². The zero-order valence-electron chi connectivity index (χ0n) is 22.5. The van der Waals surface area contributed by atoms with Gasteiger partial charge in [-0.1, -0.05) is 47.5 Å². The molecule has 42 heavy (non-hydrogen) atoms. The Morgan fingerprint density at radius 2 is 1.69 bits per heavy atom. The van der Waals surface area contributed by atoms with E-state index in [4.69, 9.17) is 46.8 Å². The number of nitrogens with zero attached hydrogens (tertiary/aromatic N) is 3. The van der Waals surface area contributed by atoms with Crippen LogP contribution in [0.5, 0.6) is 17.2 Å². The molecule has 0 aliphatic heterocycles. The van der Waals surface area contributed by atoms with Gasteiger partial charge in [0.1, 0.15) is 17.9 Å². The third-order valence-electron chi connectivity index (χ3n) is 6.60. The van der Waals surface area contributed by atoms with Crippen molar-refractivity contribution in [1.29, 1.82) is 0 Å². The van der Waals surface area contributed by atoms with Crippen LogP contribution in [0.1, 0.15) is 11.1 Å². The minimum Gasteiger partial charge on any atom is -0.496 e. The fourth-order valence-corrected chi connectivity index (χ4v) is 4.83. The lowest BCUT2D eigenvalue weighted by Gasteiger charge is -2.12. The number of furan rings is 1. The van der Waals surface area contributed by atoms with E-state index in [1.165, 1.54) is 4.68 Å². The first-order valence-corrected chi connectivity index (χ1v) is 13.6. The number of hydrogen-bond acceptors (Lipinski definition) is 7. The van der Waals surface area contributed by atoms with Gasteiger partial charge in [-0.05, 0) is 71.8 Å². The predicted octanol–water partition coefficient (Wildman–Crippen LogP) is 7.59. The highest BCUT2D eigenvalue weighted by Crippen LogP contribution is 2.33. The fourth-order valence-electron chi connectivity index (χ4n) is 4.51. The van der Waals surface area contributed by atoms with Crippen molar-refractivity contribution in [3.8, 4) is 28.8 Å². The van der Waals surface area contributed by atoms with Crippen molar-refractivity contribution < 1.29 is 18.6 Å². The molecule has 0 unspecified atom stereocenters. The lowest BCUT2D eigenvalue weighted by molar-refractivity contribution is 0.284. The van der Waals surface area contributed by atoms with Crippen molar-refractivity contribution in [3.63, 3.8) is 0 Å². The molecule has 0 saturated carbocycles. The van der Waals surface area contributed by atoms with Gasteiger partial charge in [-0.3, -0.25) is 4.79 Å². The van der Waals surface area contributed by atoms with E-state index < -0.39 is 0 Å². The minimum atomic E-state index is -0.340. The smallest absolute Gasteiger partial charge is 0.282 e. The normalized spacial score (nSPS) is 11.4. The second kappa shape index (κ2) is 11.6. The summed E-state index contributed by atoms with van der Waals surface area (Å²) in [6.07, 6.45) is 1.55. The molecule has 210 valence electrons. The third kappa shape index (κ3) is 5.30. The van der Waals surface area contributed by atoms with E-state index in [0.29, 0.717) is 55.1 Å². The third-order valence-corrected chi connectivity index (χ3v) is 7.34. The van der Waals surface area contributed by atoms with E-state index in [1.807, 2.05) is 30.3 Å².